The number of nitro benzene ring substituents is 1. The molecule has 0 aliphatic heterocycles. The molecular formula is C21H27N3O6S. The van der Waals surface area contributed by atoms with Gasteiger partial charge in [0.15, 0.2) is 0 Å². The number of hydrogen-bond acceptors (Lipinski definition) is 6. The molecule has 1 amide bonds. The maximum atomic E-state index is 12.9. The van der Waals surface area contributed by atoms with Gasteiger partial charge in [-0.3, -0.25) is 19.2 Å². The molecule has 0 spiro atoms. The van der Waals surface area contributed by atoms with Gasteiger partial charge in [0.2, 0.25) is 15.9 Å². The van der Waals surface area contributed by atoms with E-state index in [1.807, 2.05) is 44.2 Å². The third kappa shape index (κ3) is 6.68. The largest absolute Gasteiger partial charge is 0.495 e. The highest BCUT2D eigenvalue weighted by atomic mass is 32.2. The average molecular weight is 450 g/mol. The van der Waals surface area contributed by atoms with E-state index in [9.17, 15) is 23.3 Å². The number of nitro groups is 1. The fourth-order valence-corrected chi connectivity index (χ4v) is 4.03. The quantitative estimate of drug-likeness (QED) is 0.439. The third-order valence-corrected chi connectivity index (χ3v) is 5.70. The summed E-state index contributed by atoms with van der Waals surface area (Å²) in [6.07, 6.45) is 1.59. The summed E-state index contributed by atoms with van der Waals surface area (Å²) in [5.41, 5.74) is 0.518. The van der Waals surface area contributed by atoms with Gasteiger partial charge in [0.05, 0.1) is 24.3 Å². The number of sulfonamides is 1. The molecule has 0 aliphatic rings. The van der Waals surface area contributed by atoms with Gasteiger partial charge < -0.3 is 10.1 Å². The van der Waals surface area contributed by atoms with Crippen molar-refractivity contribution in [3.8, 4) is 5.75 Å². The number of carbonyl (C=O) groups is 1. The van der Waals surface area contributed by atoms with Gasteiger partial charge in [0.1, 0.15) is 18.0 Å². The Hall–Kier alpha value is -3.14. The highest BCUT2D eigenvalue weighted by Crippen LogP contribution is 2.33. The Morgan fingerprint density at radius 1 is 1.19 bits per heavy atom. The van der Waals surface area contributed by atoms with E-state index in [1.165, 1.54) is 19.2 Å². The minimum Gasteiger partial charge on any atom is -0.495 e. The van der Waals surface area contributed by atoms with E-state index in [-0.39, 0.29) is 29.1 Å². The Kier molecular flexibility index (Phi) is 7.98. The second kappa shape index (κ2) is 10.3. The molecule has 1 atom stereocenters. The minimum absolute atomic E-state index is 0.0746. The van der Waals surface area contributed by atoms with Crippen LogP contribution >= 0.6 is 0 Å². The Bertz CT molecular complexity index is 1020. The van der Waals surface area contributed by atoms with Crippen LogP contribution in [0.4, 0.5) is 11.4 Å². The second-order valence-corrected chi connectivity index (χ2v) is 9.45. The molecule has 0 aromatic heterocycles. The summed E-state index contributed by atoms with van der Waals surface area (Å²) in [6, 6.07) is 12.7. The van der Waals surface area contributed by atoms with Gasteiger partial charge in [-0.05, 0) is 24.0 Å². The van der Waals surface area contributed by atoms with Crippen LogP contribution in [0.2, 0.25) is 0 Å². The van der Waals surface area contributed by atoms with E-state index in [0.717, 1.165) is 22.2 Å². The predicted molar refractivity (Wildman–Crippen MR) is 119 cm³/mol. The van der Waals surface area contributed by atoms with Crippen LogP contribution in [-0.4, -0.2) is 39.2 Å². The van der Waals surface area contributed by atoms with E-state index >= 15 is 0 Å². The number of anilines is 1. The van der Waals surface area contributed by atoms with Crippen LogP contribution in [0.3, 0.4) is 0 Å². The SMILES string of the molecule is COc1ccc([N+](=O)[O-])cc1N(CC(=O)N[C@H](CC(C)C)c1ccccc1)S(C)(=O)=O. The van der Waals surface area contributed by atoms with Crippen LogP contribution in [0.5, 0.6) is 5.75 Å². The number of nitrogens with zero attached hydrogens (tertiary/aromatic N) is 2. The molecule has 0 saturated heterocycles. The summed E-state index contributed by atoms with van der Waals surface area (Å²) in [5.74, 6) is -0.146. The van der Waals surface area contributed by atoms with Gasteiger partial charge in [-0.2, -0.15) is 0 Å². The van der Waals surface area contributed by atoms with Gasteiger partial charge in [-0.15, -0.1) is 0 Å². The van der Waals surface area contributed by atoms with Crippen molar-refractivity contribution in [1.29, 1.82) is 0 Å². The molecule has 31 heavy (non-hydrogen) atoms. The first-order valence-electron chi connectivity index (χ1n) is 9.67. The lowest BCUT2D eigenvalue weighted by molar-refractivity contribution is -0.384. The fourth-order valence-electron chi connectivity index (χ4n) is 3.17. The molecule has 0 bridgehead atoms. The normalized spacial score (nSPS) is 12.3. The Balaban J connectivity index is 2.36. The molecule has 0 radical (unpaired) electrons. The Morgan fingerprint density at radius 2 is 1.84 bits per heavy atom. The van der Waals surface area contributed by atoms with E-state index in [2.05, 4.69) is 5.32 Å². The third-order valence-electron chi connectivity index (χ3n) is 4.57. The summed E-state index contributed by atoms with van der Waals surface area (Å²) in [7, 11) is -2.62. The number of amides is 1. The molecule has 2 rings (SSSR count). The molecule has 2 aromatic rings. The van der Waals surface area contributed by atoms with E-state index in [4.69, 9.17) is 4.74 Å². The van der Waals surface area contributed by atoms with Crippen LogP contribution in [0.15, 0.2) is 48.5 Å². The number of methoxy groups -OCH3 is 1. The number of non-ortho nitro benzene ring substituents is 1. The molecule has 168 valence electrons. The van der Waals surface area contributed by atoms with Crippen molar-refractivity contribution in [3.05, 3.63) is 64.2 Å². The second-order valence-electron chi connectivity index (χ2n) is 7.54. The smallest absolute Gasteiger partial charge is 0.271 e. The first-order chi connectivity index (χ1) is 14.5. The van der Waals surface area contributed by atoms with Crippen LogP contribution in [0.25, 0.3) is 0 Å². The van der Waals surface area contributed by atoms with Crippen molar-refractivity contribution in [2.75, 3.05) is 24.2 Å². The summed E-state index contributed by atoms with van der Waals surface area (Å²) >= 11 is 0. The van der Waals surface area contributed by atoms with E-state index in [0.29, 0.717) is 6.42 Å². The lowest BCUT2D eigenvalue weighted by atomic mass is 9.97. The zero-order valence-corrected chi connectivity index (χ0v) is 18.8. The van der Waals surface area contributed by atoms with Crippen molar-refractivity contribution < 1.29 is 22.9 Å². The number of nitrogens with one attached hydrogen (secondary N) is 1. The first-order valence-corrected chi connectivity index (χ1v) is 11.5. The molecular weight excluding hydrogens is 422 g/mol. The predicted octanol–water partition coefficient (Wildman–Crippen LogP) is 3.27. The zero-order valence-electron chi connectivity index (χ0n) is 17.9. The lowest BCUT2D eigenvalue weighted by Gasteiger charge is -2.26. The monoisotopic (exact) mass is 449 g/mol. The first kappa shape index (κ1) is 24.1. The van der Waals surface area contributed by atoms with Gasteiger partial charge in [0, 0.05) is 12.1 Å². The van der Waals surface area contributed by atoms with Crippen LogP contribution in [-0.2, 0) is 14.8 Å². The van der Waals surface area contributed by atoms with Crippen molar-refractivity contribution in [2.45, 2.75) is 26.3 Å². The molecule has 10 heteroatoms. The summed E-state index contributed by atoms with van der Waals surface area (Å²) < 4.78 is 30.9. The number of hydrogen-bond donors (Lipinski definition) is 1. The van der Waals surface area contributed by atoms with Crippen molar-refractivity contribution in [2.24, 2.45) is 5.92 Å². The number of ether oxygens (including phenoxy) is 1. The number of carbonyl (C=O) groups excluding carboxylic acids is 1. The number of rotatable bonds is 10. The summed E-state index contributed by atoms with van der Waals surface area (Å²) in [4.78, 5) is 23.4. The van der Waals surface area contributed by atoms with Gasteiger partial charge in [0.25, 0.3) is 5.69 Å². The minimum atomic E-state index is -3.94. The van der Waals surface area contributed by atoms with E-state index < -0.39 is 27.4 Å². The van der Waals surface area contributed by atoms with Crippen LogP contribution in [0, 0.1) is 16.0 Å². The molecule has 0 unspecified atom stereocenters. The zero-order chi connectivity index (χ0) is 23.2. The van der Waals surface area contributed by atoms with Crippen LogP contribution in [0.1, 0.15) is 31.9 Å². The topological polar surface area (TPSA) is 119 Å². The van der Waals surface area contributed by atoms with Crippen LogP contribution < -0.4 is 14.4 Å². The maximum absolute atomic E-state index is 12.9. The Morgan fingerprint density at radius 3 is 2.35 bits per heavy atom. The molecule has 2 aromatic carbocycles. The number of benzene rings is 2. The molecule has 0 saturated carbocycles. The van der Waals surface area contributed by atoms with Crippen molar-refractivity contribution >= 4 is 27.3 Å². The average Bonchev–Trinajstić information content (AvgIpc) is 2.70. The summed E-state index contributed by atoms with van der Waals surface area (Å²) in [5, 5.41) is 14.1. The van der Waals surface area contributed by atoms with Gasteiger partial charge in [-0.25, -0.2) is 8.42 Å². The highest BCUT2D eigenvalue weighted by Gasteiger charge is 2.27. The summed E-state index contributed by atoms with van der Waals surface area (Å²) in [6.45, 7) is 3.51. The van der Waals surface area contributed by atoms with Gasteiger partial charge in [-0.1, -0.05) is 44.2 Å². The molecule has 9 nitrogen and oxygen atoms in total. The van der Waals surface area contributed by atoms with Crippen molar-refractivity contribution in [3.63, 3.8) is 0 Å². The van der Waals surface area contributed by atoms with E-state index in [1.54, 1.807) is 0 Å². The van der Waals surface area contributed by atoms with Crippen molar-refractivity contribution in [1.82, 2.24) is 5.32 Å². The highest BCUT2D eigenvalue weighted by molar-refractivity contribution is 7.92. The molecule has 0 aliphatic carbocycles. The molecule has 1 N–H and O–H groups in total. The Labute approximate surface area is 182 Å². The molecule has 0 heterocycles. The maximum Gasteiger partial charge on any atom is 0.271 e. The standard InChI is InChI=1S/C21H27N3O6S/c1-15(2)12-18(16-8-6-5-7-9-16)22-21(25)14-23(31(4,28)29)19-13-17(24(26)27)10-11-20(19)30-3/h5-11,13,15,18H,12,14H2,1-4H3,(H,22,25)/t18-/m1/s1. The lowest BCUT2D eigenvalue weighted by Crippen LogP contribution is -2.42. The van der Waals surface area contributed by atoms with Gasteiger partial charge >= 0.3 is 0 Å². The molecule has 0 fully saturated rings. The fraction of sp³-hybridized carbons (Fsp3) is 0.381.